The fraction of sp³-hybridized carbons (Fsp3) is 0.692. The molecule has 1 aromatic heterocycles. The SMILES string of the molecule is Cc1ccc(C(C)NCC2CCN(C)C2)s1. The molecule has 1 aliphatic rings. The van der Waals surface area contributed by atoms with Gasteiger partial charge in [0, 0.05) is 22.3 Å². The molecule has 2 nitrogen and oxygen atoms in total. The van der Waals surface area contributed by atoms with Crippen molar-refractivity contribution >= 4 is 11.3 Å². The maximum atomic E-state index is 3.66. The van der Waals surface area contributed by atoms with Gasteiger partial charge in [0.25, 0.3) is 0 Å². The van der Waals surface area contributed by atoms with Gasteiger partial charge in [-0.2, -0.15) is 0 Å². The first-order valence-electron chi connectivity index (χ1n) is 6.13. The van der Waals surface area contributed by atoms with Crippen LogP contribution in [-0.4, -0.2) is 31.6 Å². The van der Waals surface area contributed by atoms with Crippen molar-refractivity contribution in [3.05, 3.63) is 21.9 Å². The van der Waals surface area contributed by atoms with Crippen LogP contribution in [0.4, 0.5) is 0 Å². The number of hydrogen-bond acceptors (Lipinski definition) is 3. The minimum atomic E-state index is 0.504. The quantitative estimate of drug-likeness (QED) is 0.867. The first kappa shape index (κ1) is 12.1. The fourth-order valence-electron chi connectivity index (χ4n) is 2.32. The zero-order valence-electron chi connectivity index (χ0n) is 10.5. The lowest BCUT2D eigenvalue weighted by molar-refractivity contribution is 0.382. The van der Waals surface area contributed by atoms with Gasteiger partial charge >= 0.3 is 0 Å². The summed E-state index contributed by atoms with van der Waals surface area (Å²) >= 11 is 1.91. The number of nitrogens with one attached hydrogen (secondary N) is 1. The van der Waals surface area contributed by atoms with E-state index in [1.165, 1.54) is 29.3 Å². The van der Waals surface area contributed by atoms with Crippen LogP contribution in [0.15, 0.2) is 12.1 Å². The molecule has 2 atom stereocenters. The first-order valence-corrected chi connectivity index (χ1v) is 6.95. The number of rotatable bonds is 4. The van der Waals surface area contributed by atoms with Crippen LogP contribution in [0.5, 0.6) is 0 Å². The van der Waals surface area contributed by atoms with Gasteiger partial charge in [-0.1, -0.05) is 0 Å². The minimum Gasteiger partial charge on any atom is -0.309 e. The average molecular weight is 238 g/mol. The van der Waals surface area contributed by atoms with E-state index in [0.29, 0.717) is 6.04 Å². The zero-order chi connectivity index (χ0) is 11.5. The predicted octanol–water partition coefficient (Wildman–Crippen LogP) is 2.66. The summed E-state index contributed by atoms with van der Waals surface area (Å²) in [6.07, 6.45) is 1.35. The smallest absolute Gasteiger partial charge is 0.0386 e. The molecular formula is C13H22N2S. The van der Waals surface area contributed by atoms with Crippen LogP contribution in [0.25, 0.3) is 0 Å². The third kappa shape index (κ3) is 3.06. The monoisotopic (exact) mass is 238 g/mol. The maximum Gasteiger partial charge on any atom is 0.0386 e. The van der Waals surface area contributed by atoms with Crippen molar-refractivity contribution < 1.29 is 0 Å². The van der Waals surface area contributed by atoms with Crippen LogP contribution in [0.1, 0.15) is 29.1 Å². The fourth-order valence-corrected chi connectivity index (χ4v) is 3.23. The van der Waals surface area contributed by atoms with Gasteiger partial charge in [-0.05, 0) is 58.5 Å². The maximum absolute atomic E-state index is 3.66. The van der Waals surface area contributed by atoms with Crippen LogP contribution in [0.2, 0.25) is 0 Å². The number of aryl methyl sites for hydroxylation is 1. The lowest BCUT2D eigenvalue weighted by atomic mass is 10.1. The molecule has 2 rings (SSSR count). The second-order valence-electron chi connectivity index (χ2n) is 5.00. The van der Waals surface area contributed by atoms with E-state index in [1.807, 2.05) is 11.3 Å². The largest absolute Gasteiger partial charge is 0.309 e. The number of thiophene rings is 1. The third-order valence-electron chi connectivity index (χ3n) is 3.39. The Morgan fingerprint density at radius 2 is 2.38 bits per heavy atom. The van der Waals surface area contributed by atoms with Gasteiger partial charge in [0.05, 0.1) is 0 Å². The number of nitrogens with zero attached hydrogens (tertiary/aromatic N) is 1. The number of likely N-dealkylation sites (tertiary alicyclic amines) is 1. The van der Waals surface area contributed by atoms with E-state index in [4.69, 9.17) is 0 Å². The molecule has 3 heteroatoms. The molecular weight excluding hydrogens is 216 g/mol. The van der Waals surface area contributed by atoms with E-state index in [2.05, 4.69) is 43.2 Å². The van der Waals surface area contributed by atoms with Gasteiger partial charge < -0.3 is 10.2 Å². The van der Waals surface area contributed by atoms with Gasteiger partial charge in [-0.15, -0.1) is 11.3 Å². The lowest BCUT2D eigenvalue weighted by Gasteiger charge is -2.16. The highest BCUT2D eigenvalue weighted by Gasteiger charge is 2.19. The summed E-state index contributed by atoms with van der Waals surface area (Å²) in [4.78, 5) is 5.29. The molecule has 0 radical (unpaired) electrons. The van der Waals surface area contributed by atoms with Crippen molar-refractivity contribution in [3.8, 4) is 0 Å². The Balaban J connectivity index is 1.77. The minimum absolute atomic E-state index is 0.504. The predicted molar refractivity (Wildman–Crippen MR) is 71.1 cm³/mol. The Kier molecular flexibility index (Phi) is 4.00. The van der Waals surface area contributed by atoms with Crippen molar-refractivity contribution in [1.29, 1.82) is 0 Å². The van der Waals surface area contributed by atoms with Crippen molar-refractivity contribution in [2.45, 2.75) is 26.3 Å². The van der Waals surface area contributed by atoms with Crippen LogP contribution in [-0.2, 0) is 0 Å². The Morgan fingerprint density at radius 1 is 1.56 bits per heavy atom. The van der Waals surface area contributed by atoms with Gasteiger partial charge in [-0.25, -0.2) is 0 Å². The van der Waals surface area contributed by atoms with E-state index in [9.17, 15) is 0 Å². The molecule has 16 heavy (non-hydrogen) atoms. The summed E-state index contributed by atoms with van der Waals surface area (Å²) in [7, 11) is 2.21. The highest BCUT2D eigenvalue weighted by atomic mass is 32.1. The molecule has 1 aromatic rings. The second kappa shape index (κ2) is 5.30. The normalized spacial score (nSPS) is 23.8. The molecule has 0 aliphatic carbocycles. The number of hydrogen-bond donors (Lipinski definition) is 1. The molecule has 2 unspecified atom stereocenters. The molecule has 1 fully saturated rings. The molecule has 0 amide bonds. The molecule has 1 saturated heterocycles. The van der Waals surface area contributed by atoms with E-state index in [0.717, 1.165) is 12.5 Å². The Labute approximate surface area is 103 Å². The lowest BCUT2D eigenvalue weighted by Crippen LogP contribution is -2.27. The summed E-state index contributed by atoms with van der Waals surface area (Å²) in [5.41, 5.74) is 0. The summed E-state index contributed by atoms with van der Waals surface area (Å²) in [5, 5.41) is 3.66. The van der Waals surface area contributed by atoms with Crippen molar-refractivity contribution in [3.63, 3.8) is 0 Å². The van der Waals surface area contributed by atoms with Crippen molar-refractivity contribution in [1.82, 2.24) is 10.2 Å². The van der Waals surface area contributed by atoms with E-state index in [-0.39, 0.29) is 0 Å². The summed E-state index contributed by atoms with van der Waals surface area (Å²) in [6, 6.07) is 4.96. The molecule has 90 valence electrons. The summed E-state index contributed by atoms with van der Waals surface area (Å²) in [5.74, 6) is 0.841. The van der Waals surface area contributed by atoms with Gasteiger partial charge in [-0.3, -0.25) is 0 Å². The Hall–Kier alpha value is -0.380. The highest BCUT2D eigenvalue weighted by molar-refractivity contribution is 7.12. The highest BCUT2D eigenvalue weighted by Crippen LogP contribution is 2.23. The first-order chi connectivity index (χ1) is 7.65. The van der Waals surface area contributed by atoms with Crippen LogP contribution in [0.3, 0.4) is 0 Å². The summed E-state index contributed by atoms with van der Waals surface area (Å²) < 4.78 is 0. The standard InChI is InChI=1S/C13H22N2S/c1-10-4-5-13(16-10)11(2)14-8-12-6-7-15(3)9-12/h4-5,11-12,14H,6-9H2,1-3H3. The molecule has 0 saturated carbocycles. The molecule has 1 N–H and O–H groups in total. The topological polar surface area (TPSA) is 15.3 Å². The average Bonchev–Trinajstić information content (AvgIpc) is 2.84. The van der Waals surface area contributed by atoms with Crippen molar-refractivity contribution in [2.75, 3.05) is 26.7 Å². The van der Waals surface area contributed by atoms with Crippen LogP contribution < -0.4 is 5.32 Å². The Bertz CT molecular complexity index is 334. The molecule has 1 aliphatic heterocycles. The molecule has 0 spiro atoms. The van der Waals surface area contributed by atoms with Crippen molar-refractivity contribution in [2.24, 2.45) is 5.92 Å². The molecule has 0 bridgehead atoms. The van der Waals surface area contributed by atoms with Gasteiger partial charge in [0.1, 0.15) is 0 Å². The van der Waals surface area contributed by atoms with E-state index >= 15 is 0 Å². The summed E-state index contributed by atoms with van der Waals surface area (Å²) in [6.45, 7) is 8.11. The van der Waals surface area contributed by atoms with Gasteiger partial charge in [0.2, 0.25) is 0 Å². The van der Waals surface area contributed by atoms with E-state index in [1.54, 1.807) is 0 Å². The molecule has 0 aromatic carbocycles. The van der Waals surface area contributed by atoms with Crippen LogP contribution in [0, 0.1) is 12.8 Å². The zero-order valence-corrected chi connectivity index (χ0v) is 11.3. The third-order valence-corrected chi connectivity index (χ3v) is 4.57. The van der Waals surface area contributed by atoms with Gasteiger partial charge in [0.15, 0.2) is 0 Å². The van der Waals surface area contributed by atoms with E-state index < -0.39 is 0 Å². The Morgan fingerprint density at radius 3 is 2.94 bits per heavy atom. The molecule has 2 heterocycles. The second-order valence-corrected chi connectivity index (χ2v) is 6.31. The van der Waals surface area contributed by atoms with Crippen LogP contribution >= 0.6 is 11.3 Å².